The summed E-state index contributed by atoms with van der Waals surface area (Å²) < 4.78 is 16.5. The molecule has 0 bridgehead atoms. The van der Waals surface area contributed by atoms with Gasteiger partial charge in [-0.3, -0.25) is 4.79 Å². The number of benzene rings is 3. The summed E-state index contributed by atoms with van der Waals surface area (Å²) >= 11 is 1.37. The van der Waals surface area contributed by atoms with E-state index in [4.69, 9.17) is 19.2 Å². The highest BCUT2D eigenvalue weighted by Gasteiger charge is 2.19. The van der Waals surface area contributed by atoms with E-state index in [1.165, 1.54) is 11.8 Å². The molecule has 3 aromatic carbocycles. The Morgan fingerprint density at radius 1 is 0.949 bits per heavy atom. The summed E-state index contributed by atoms with van der Waals surface area (Å²) in [6.07, 6.45) is 0.248. The van der Waals surface area contributed by atoms with Crippen molar-refractivity contribution in [3.63, 3.8) is 0 Å². The number of rotatable bonds is 11. The largest absolute Gasteiger partial charge is 0.497 e. The van der Waals surface area contributed by atoms with Crippen molar-refractivity contribution < 1.29 is 19.0 Å². The fraction of sp³-hybridized carbons (Fsp3) is 0.194. The van der Waals surface area contributed by atoms with Gasteiger partial charge >= 0.3 is 0 Å². The van der Waals surface area contributed by atoms with Crippen LogP contribution in [-0.4, -0.2) is 37.5 Å². The zero-order valence-electron chi connectivity index (χ0n) is 22.1. The quantitative estimate of drug-likeness (QED) is 0.209. The third kappa shape index (κ3) is 6.89. The first-order valence-corrected chi connectivity index (χ1v) is 13.4. The molecule has 0 fully saturated rings. The monoisotopic (exact) mass is 539 g/mol. The maximum Gasteiger partial charge on any atom is 0.225 e. The summed E-state index contributed by atoms with van der Waals surface area (Å²) in [5.74, 6) is 2.33. The fourth-order valence-electron chi connectivity index (χ4n) is 3.99. The van der Waals surface area contributed by atoms with Gasteiger partial charge in [-0.25, -0.2) is 4.98 Å². The molecule has 4 rings (SSSR count). The molecule has 4 aromatic rings. The van der Waals surface area contributed by atoms with Crippen LogP contribution in [0.5, 0.6) is 17.2 Å². The van der Waals surface area contributed by atoms with E-state index in [0.717, 1.165) is 22.6 Å². The second-order valence-electron chi connectivity index (χ2n) is 8.38. The molecule has 0 radical (unpaired) electrons. The van der Waals surface area contributed by atoms with Crippen molar-refractivity contribution in [1.82, 2.24) is 4.98 Å². The van der Waals surface area contributed by atoms with E-state index in [1.54, 1.807) is 14.2 Å². The minimum atomic E-state index is -0.126. The molecular formula is C31H29N3O4S. The van der Waals surface area contributed by atoms with Crippen molar-refractivity contribution in [2.75, 3.05) is 31.9 Å². The molecule has 1 aromatic heterocycles. The average molecular weight is 540 g/mol. The molecule has 0 unspecified atom stereocenters. The predicted molar refractivity (Wildman–Crippen MR) is 155 cm³/mol. The lowest BCUT2D eigenvalue weighted by molar-refractivity contribution is -0.115. The van der Waals surface area contributed by atoms with Gasteiger partial charge in [0.25, 0.3) is 0 Å². The number of anilines is 1. The molecule has 8 heteroatoms. The van der Waals surface area contributed by atoms with E-state index in [2.05, 4.69) is 11.4 Å². The maximum absolute atomic E-state index is 12.6. The second kappa shape index (κ2) is 13.4. The van der Waals surface area contributed by atoms with Crippen molar-refractivity contribution >= 4 is 23.4 Å². The van der Waals surface area contributed by atoms with Crippen LogP contribution in [-0.2, 0) is 4.79 Å². The average Bonchev–Trinajstić information content (AvgIpc) is 2.98. The van der Waals surface area contributed by atoms with Crippen LogP contribution in [0.3, 0.4) is 0 Å². The van der Waals surface area contributed by atoms with E-state index in [-0.39, 0.29) is 12.3 Å². The Balaban J connectivity index is 1.61. The number of ether oxygens (including phenoxy) is 3. The molecule has 1 heterocycles. The first-order chi connectivity index (χ1) is 19.1. The van der Waals surface area contributed by atoms with Gasteiger partial charge in [0.15, 0.2) is 0 Å². The van der Waals surface area contributed by atoms with Crippen LogP contribution in [0.15, 0.2) is 83.9 Å². The zero-order chi connectivity index (χ0) is 27.6. The van der Waals surface area contributed by atoms with Crippen molar-refractivity contribution in [2.45, 2.75) is 18.4 Å². The zero-order valence-corrected chi connectivity index (χ0v) is 22.9. The first-order valence-electron chi connectivity index (χ1n) is 12.4. The Morgan fingerprint density at radius 2 is 1.69 bits per heavy atom. The minimum absolute atomic E-state index is 0.126. The summed E-state index contributed by atoms with van der Waals surface area (Å²) in [4.78, 5) is 17.5. The molecule has 0 saturated carbocycles. The molecule has 198 valence electrons. The van der Waals surface area contributed by atoms with Crippen LogP contribution in [0.25, 0.3) is 22.4 Å². The van der Waals surface area contributed by atoms with Crippen molar-refractivity contribution in [3.05, 3.63) is 84.4 Å². The third-order valence-electron chi connectivity index (χ3n) is 5.88. The van der Waals surface area contributed by atoms with Crippen LogP contribution in [0, 0.1) is 11.3 Å². The van der Waals surface area contributed by atoms with Gasteiger partial charge in [-0.05, 0) is 55.5 Å². The lowest BCUT2D eigenvalue weighted by Crippen LogP contribution is -2.12. The molecule has 0 aliphatic heterocycles. The van der Waals surface area contributed by atoms with Gasteiger partial charge in [0, 0.05) is 34.6 Å². The first kappa shape index (κ1) is 27.6. The van der Waals surface area contributed by atoms with Crippen molar-refractivity contribution in [3.8, 4) is 45.7 Å². The Hall–Kier alpha value is -4.48. The molecule has 7 nitrogen and oxygen atoms in total. The summed E-state index contributed by atoms with van der Waals surface area (Å²) in [6, 6.07) is 26.7. The van der Waals surface area contributed by atoms with Gasteiger partial charge in [0.1, 0.15) is 28.3 Å². The molecule has 0 atom stereocenters. The third-order valence-corrected chi connectivity index (χ3v) is 6.86. The number of amides is 1. The Labute approximate surface area is 232 Å². The number of nitriles is 1. The molecule has 1 amide bonds. The number of nitrogens with zero attached hydrogens (tertiary/aromatic N) is 2. The highest BCUT2D eigenvalue weighted by Crippen LogP contribution is 2.40. The number of nitrogens with one attached hydrogen (secondary N) is 1. The van der Waals surface area contributed by atoms with Gasteiger partial charge in [-0.2, -0.15) is 5.26 Å². The number of thioether (sulfide) groups is 1. The smallest absolute Gasteiger partial charge is 0.225 e. The number of hydrogen-bond acceptors (Lipinski definition) is 7. The van der Waals surface area contributed by atoms with Crippen LogP contribution in [0.4, 0.5) is 5.69 Å². The van der Waals surface area contributed by atoms with Gasteiger partial charge in [0.2, 0.25) is 5.91 Å². The van der Waals surface area contributed by atoms with Crippen LogP contribution in [0.2, 0.25) is 0 Å². The van der Waals surface area contributed by atoms with Gasteiger partial charge in [-0.1, -0.05) is 30.3 Å². The topological polar surface area (TPSA) is 93.5 Å². The van der Waals surface area contributed by atoms with E-state index < -0.39 is 0 Å². The fourth-order valence-corrected chi connectivity index (χ4v) is 4.94. The lowest BCUT2D eigenvalue weighted by Gasteiger charge is -2.15. The summed E-state index contributed by atoms with van der Waals surface area (Å²) in [5.41, 5.74) is 4.16. The highest BCUT2D eigenvalue weighted by atomic mass is 32.2. The number of carbonyl (C=O) groups excluding carboxylic acids is 1. The normalized spacial score (nSPS) is 10.4. The number of methoxy groups -OCH3 is 2. The summed E-state index contributed by atoms with van der Waals surface area (Å²) in [7, 11) is 3.19. The Morgan fingerprint density at radius 3 is 2.36 bits per heavy atom. The number of pyridine rings is 1. The number of hydrogen-bond donors (Lipinski definition) is 1. The lowest BCUT2D eigenvalue weighted by atomic mass is 9.98. The Bertz CT molecular complexity index is 1470. The Kier molecular flexibility index (Phi) is 9.44. The molecule has 1 N–H and O–H groups in total. The number of aromatic nitrogens is 1. The van der Waals surface area contributed by atoms with Crippen molar-refractivity contribution in [2.24, 2.45) is 0 Å². The molecule has 0 aliphatic rings. The second-order valence-corrected chi connectivity index (χ2v) is 9.47. The van der Waals surface area contributed by atoms with Gasteiger partial charge < -0.3 is 19.5 Å². The maximum atomic E-state index is 12.6. The van der Waals surface area contributed by atoms with Crippen LogP contribution in [0.1, 0.15) is 18.9 Å². The highest BCUT2D eigenvalue weighted by molar-refractivity contribution is 7.99. The van der Waals surface area contributed by atoms with E-state index >= 15 is 0 Å². The number of carbonyl (C=O) groups is 1. The molecule has 0 spiro atoms. The predicted octanol–water partition coefficient (Wildman–Crippen LogP) is 6.82. The van der Waals surface area contributed by atoms with Crippen LogP contribution < -0.4 is 19.5 Å². The van der Waals surface area contributed by atoms with Gasteiger partial charge in [0.05, 0.1) is 32.1 Å². The minimum Gasteiger partial charge on any atom is -0.497 e. The SMILES string of the molecule is CCOc1ccc(NC(=O)CCSc2nc(-c3ccccc3)cc(-c3cc(OC)ccc3OC)c2C#N)cc1. The molecule has 0 aliphatic carbocycles. The van der Waals surface area contributed by atoms with E-state index in [1.807, 2.05) is 85.8 Å². The van der Waals surface area contributed by atoms with E-state index in [0.29, 0.717) is 45.7 Å². The van der Waals surface area contributed by atoms with Crippen molar-refractivity contribution in [1.29, 1.82) is 5.26 Å². The van der Waals surface area contributed by atoms with Gasteiger partial charge in [-0.15, -0.1) is 11.8 Å². The summed E-state index contributed by atoms with van der Waals surface area (Å²) in [5, 5.41) is 13.7. The molecule has 0 saturated heterocycles. The van der Waals surface area contributed by atoms with Crippen LogP contribution >= 0.6 is 11.8 Å². The molecule has 39 heavy (non-hydrogen) atoms. The molecular weight excluding hydrogens is 510 g/mol. The van der Waals surface area contributed by atoms with E-state index in [9.17, 15) is 10.1 Å². The standard InChI is InChI=1S/C31H29N3O4S/c1-4-38-23-12-10-22(11-13-23)33-30(35)16-17-39-31-27(20-32)25(19-28(34-31)21-8-6-5-7-9-21)26-18-24(36-2)14-15-29(26)37-3/h5-15,18-19H,4,16-17H2,1-3H3,(H,33,35). The summed E-state index contributed by atoms with van der Waals surface area (Å²) in [6.45, 7) is 2.51.